The molecule has 1 aromatic heterocycles. The maximum absolute atomic E-state index is 11.3. The number of hydrazine groups is 1. The molecule has 0 amide bonds. The first-order valence-corrected chi connectivity index (χ1v) is 6.38. The first kappa shape index (κ1) is 14.7. The Hall–Kier alpha value is -2.74. The van der Waals surface area contributed by atoms with Gasteiger partial charge in [0.2, 0.25) is 11.6 Å². The molecule has 0 atom stereocenters. The summed E-state index contributed by atoms with van der Waals surface area (Å²) < 4.78 is 0. The van der Waals surface area contributed by atoms with Crippen LogP contribution >= 0.6 is 0 Å². The average molecular weight is 288 g/mol. The van der Waals surface area contributed by atoms with Crippen LogP contribution in [-0.2, 0) is 0 Å². The first-order valence-electron chi connectivity index (χ1n) is 6.38. The van der Waals surface area contributed by atoms with E-state index in [4.69, 9.17) is 5.84 Å². The molecule has 2 rings (SSSR count). The van der Waals surface area contributed by atoms with Crippen molar-refractivity contribution in [2.24, 2.45) is 5.84 Å². The number of nitro groups is 1. The zero-order chi connectivity index (χ0) is 15.4. The van der Waals surface area contributed by atoms with Gasteiger partial charge in [0.1, 0.15) is 6.33 Å². The van der Waals surface area contributed by atoms with E-state index < -0.39 is 4.92 Å². The summed E-state index contributed by atoms with van der Waals surface area (Å²) in [6, 6.07) is 7.66. The Kier molecular flexibility index (Phi) is 4.29. The molecule has 8 nitrogen and oxygen atoms in total. The Balaban J connectivity index is 2.60. The second-order valence-corrected chi connectivity index (χ2v) is 4.38. The fourth-order valence-electron chi connectivity index (χ4n) is 2.09. The van der Waals surface area contributed by atoms with E-state index in [2.05, 4.69) is 15.4 Å². The van der Waals surface area contributed by atoms with Crippen LogP contribution in [0.1, 0.15) is 12.5 Å². The number of hydrogen-bond donors (Lipinski definition) is 2. The van der Waals surface area contributed by atoms with Crippen molar-refractivity contribution in [1.29, 1.82) is 0 Å². The van der Waals surface area contributed by atoms with Gasteiger partial charge in [-0.1, -0.05) is 12.1 Å². The number of benzene rings is 1. The number of nitrogens with zero attached hydrogens (tertiary/aromatic N) is 4. The number of aromatic nitrogens is 2. The lowest BCUT2D eigenvalue weighted by Gasteiger charge is -2.22. The van der Waals surface area contributed by atoms with Gasteiger partial charge >= 0.3 is 5.69 Å². The minimum Gasteiger partial charge on any atom is -0.321 e. The van der Waals surface area contributed by atoms with Crippen molar-refractivity contribution in [1.82, 2.24) is 9.97 Å². The topological polar surface area (TPSA) is 110 Å². The van der Waals surface area contributed by atoms with E-state index in [1.165, 1.54) is 6.33 Å². The summed E-state index contributed by atoms with van der Waals surface area (Å²) in [5.74, 6) is 5.49. The van der Waals surface area contributed by atoms with E-state index in [0.29, 0.717) is 6.54 Å². The van der Waals surface area contributed by atoms with E-state index >= 15 is 0 Å². The quantitative estimate of drug-likeness (QED) is 0.492. The van der Waals surface area contributed by atoms with Crippen molar-refractivity contribution in [3.8, 4) is 0 Å². The van der Waals surface area contributed by atoms with E-state index in [-0.39, 0.29) is 17.3 Å². The number of nitrogens with two attached hydrogens (primary N) is 1. The summed E-state index contributed by atoms with van der Waals surface area (Å²) in [5, 5.41) is 11.3. The highest BCUT2D eigenvalue weighted by molar-refractivity contribution is 5.75. The van der Waals surface area contributed by atoms with Crippen LogP contribution in [0.2, 0.25) is 0 Å². The zero-order valence-electron chi connectivity index (χ0n) is 11.8. The molecule has 1 heterocycles. The van der Waals surface area contributed by atoms with Gasteiger partial charge in [0, 0.05) is 12.2 Å². The molecule has 1 aromatic carbocycles. The highest BCUT2D eigenvalue weighted by Crippen LogP contribution is 2.35. The first-order chi connectivity index (χ1) is 10.1. The maximum atomic E-state index is 11.3. The molecular weight excluding hydrogens is 272 g/mol. The van der Waals surface area contributed by atoms with Gasteiger partial charge in [-0.25, -0.2) is 15.8 Å². The van der Waals surface area contributed by atoms with Gasteiger partial charge in [0.15, 0.2) is 0 Å². The van der Waals surface area contributed by atoms with Crippen LogP contribution in [0.4, 0.5) is 23.0 Å². The van der Waals surface area contributed by atoms with Crippen LogP contribution in [0.5, 0.6) is 0 Å². The molecular formula is C13H16N6O2. The van der Waals surface area contributed by atoms with Crippen molar-refractivity contribution >= 4 is 23.0 Å². The number of anilines is 3. The van der Waals surface area contributed by atoms with E-state index in [9.17, 15) is 10.1 Å². The SMILES string of the molecule is CCN(c1cccc(C)c1)c1ncnc(NN)c1[N+](=O)[O-]. The molecule has 0 radical (unpaired) electrons. The predicted molar refractivity (Wildman–Crippen MR) is 80.4 cm³/mol. The molecule has 0 spiro atoms. The van der Waals surface area contributed by atoms with Crippen LogP contribution in [0.25, 0.3) is 0 Å². The van der Waals surface area contributed by atoms with Gasteiger partial charge in [-0.3, -0.25) is 10.1 Å². The summed E-state index contributed by atoms with van der Waals surface area (Å²) in [5.41, 5.74) is 3.87. The molecule has 0 saturated heterocycles. The van der Waals surface area contributed by atoms with Gasteiger partial charge in [-0.15, -0.1) is 0 Å². The highest BCUT2D eigenvalue weighted by Gasteiger charge is 2.26. The lowest BCUT2D eigenvalue weighted by Crippen LogP contribution is -2.21. The van der Waals surface area contributed by atoms with Gasteiger partial charge in [-0.05, 0) is 31.5 Å². The Labute approximate surface area is 121 Å². The summed E-state index contributed by atoms with van der Waals surface area (Å²) in [4.78, 5) is 20.4. The minimum absolute atomic E-state index is 0.0175. The molecule has 0 aliphatic heterocycles. The molecule has 110 valence electrons. The Morgan fingerprint density at radius 2 is 2.19 bits per heavy atom. The van der Waals surface area contributed by atoms with Crippen molar-refractivity contribution < 1.29 is 4.92 Å². The predicted octanol–water partition coefficient (Wildman–Crippen LogP) is 2.14. The number of nitrogens with one attached hydrogen (secondary N) is 1. The number of aryl methyl sites for hydroxylation is 1. The molecule has 8 heteroatoms. The summed E-state index contributed by atoms with van der Waals surface area (Å²) in [6.45, 7) is 4.37. The maximum Gasteiger partial charge on any atom is 0.355 e. The largest absolute Gasteiger partial charge is 0.355 e. The van der Waals surface area contributed by atoms with Crippen LogP contribution in [0.3, 0.4) is 0 Å². The van der Waals surface area contributed by atoms with Crippen LogP contribution in [-0.4, -0.2) is 21.4 Å². The second kappa shape index (κ2) is 6.14. The molecule has 0 saturated carbocycles. The number of hydrogen-bond acceptors (Lipinski definition) is 7. The normalized spacial score (nSPS) is 10.2. The van der Waals surface area contributed by atoms with Crippen molar-refractivity contribution in [2.45, 2.75) is 13.8 Å². The number of nitrogen functional groups attached to an aromatic ring is 1. The fraction of sp³-hybridized carbons (Fsp3) is 0.231. The van der Waals surface area contributed by atoms with Crippen molar-refractivity contribution in [2.75, 3.05) is 16.9 Å². The monoisotopic (exact) mass is 288 g/mol. The molecule has 0 fully saturated rings. The van der Waals surface area contributed by atoms with Gasteiger partial charge in [0.05, 0.1) is 4.92 Å². The van der Waals surface area contributed by atoms with Crippen molar-refractivity contribution in [3.63, 3.8) is 0 Å². The van der Waals surface area contributed by atoms with Gasteiger partial charge in [0.25, 0.3) is 0 Å². The smallest absolute Gasteiger partial charge is 0.321 e. The molecule has 0 aliphatic carbocycles. The third-order valence-electron chi connectivity index (χ3n) is 3.01. The lowest BCUT2D eigenvalue weighted by atomic mass is 10.2. The lowest BCUT2D eigenvalue weighted by molar-refractivity contribution is -0.383. The molecule has 2 aromatic rings. The third-order valence-corrected chi connectivity index (χ3v) is 3.01. The van der Waals surface area contributed by atoms with Crippen LogP contribution in [0, 0.1) is 17.0 Å². The van der Waals surface area contributed by atoms with Crippen molar-refractivity contribution in [3.05, 3.63) is 46.3 Å². The number of rotatable bonds is 5. The summed E-state index contributed by atoms with van der Waals surface area (Å²) in [7, 11) is 0. The van der Waals surface area contributed by atoms with Crippen LogP contribution in [0.15, 0.2) is 30.6 Å². The van der Waals surface area contributed by atoms with E-state index in [1.54, 1.807) is 4.90 Å². The Morgan fingerprint density at radius 3 is 2.76 bits per heavy atom. The van der Waals surface area contributed by atoms with E-state index in [0.717, 1.165) is 11.3 Å². The van der Waals surface area contributed by atoms with Gasteiger partial charge < -0.3 is 10.3 Å². The average Bonchev–Trinajstić information content (AvgIpc) is 2.47. The summed E-state index contributed by atoms with van der Waals surface area (Å²) in [6.07, 6.45) is 1.25. The third kappa shape index (κ3) is 2.90. The molecule has 21 heavy (non-hydrogen) atoms. The standard InChI is InChI=1S/C13H16N6O2/c1-3-18(10-6-4-5-9(2)7-10)13-11(19(20)21)12(17-14)15-8-16-13/h4-8H,3,14H2,1-2H3,(H,15,16,17). The summed E-state index contributed by atoms with van der Waals surface area (Å²) >= 11 is 0. The molecule has 0 unspecified atom stereocenters. The van der Waals surface area contributed by atoms with Crippen LogP contribution < -0.4 is 16.2 Å². The highest BCUT2D eigenvalue weighted by atomic mass is 16.6. The molecule has 0 aliphatic rings. The second-order valence-electron chi connectivity index (χ2n) is 4.38. The minimum atomic E-state index is -0.539. The fourth-order valence-corrected chi connectivity index (χ4v) is 2.09. The molecule has 0 bridgehead atoms. The Bertz CT molecular complexity index is 661. The molecule has 3 N–H and O–H groups in total. The van der Waals surface area contributed by atoms with Gasteiger partial charge in [-0.2, -0.15) is 0 Å². The zero-order valence-corrected chi connectivity index (χ0v) is 11.8. The Morgan fingerprint density at radius 1 is 1.43 bits per heavy atom. The van der Waals surface area contributed by atoms with E-state index in [1.807, 2.05) is 38.1 Å².